The first kappa shape index (κ1) is 78.7. The number of carbonyl (C=O) groups is 4. The van der Waals surface area contributed by atoms with Gasteiger partial charge in [-0.15, -0.1) is 0 Å². The number of aromatic nitrogens is 8. The SMILES string of the molecule is CCc1ccnc(-c2cc(NC(=O)c3ccc(C(F)(F)F)nc3C)ccc2Cl)c1.CN(C)CCNc1ccc(C(=O)Nc2ccc(Cl)c(-c3ccccn3)c2)cn1.Cc1nc(Cl)ccc1C(=O)Nc1ccc(Cl)c(-c2ccccn2)c1.O=C(Nc1ccc(Cl)c(-c2ccccn2)c1)c1cnc(Cl)c(Cl)c1. The lowest BCUT2D eigenvalue weighted by Gasteiger charge is -2.12. The number of amides is 4. The van der Waals surface area contributed by atoms with Crippen LogP contribution in [0.25, 0.3) is 45.0 Å². The second-order valence-corrected chi connectivity index (χ2v) is 25.7. The van der Waals surface area contributed by atoms with Crippen LogP contribution in [-0.4, -0.2) is 95.6 Å². The molecule has 12 rings (SSSR count). The van der Waals surface area contributed by atoms with E-state index in [1.165, 1.54) is 19.2 Å². The minimum absolute atomic E-state index is 0.0103. The van der Waals surface area contributed by atoms with E-state index in [1.54, 1.807) is 129 Å². The van der Waals surface area contributed by atoms with E-state index in [0.29, 0.717) is 81.6 Å². The molecule has 18 nitrogen and oxygen atoms in total. The van der Waals surface area contributed by atoms with E-state index in [-0.39, 0.29) is 39.2 Å². The number of pyridine rings is 8. The van der Waals surface area contributed by atoms with Gasteiger partial charge in [0.05, 0.1) is 81.5 Å². The number of nitrogens with one attached hydrogen (secondary N) is 5. The number of benzene rings is 4. The van der Waals surface area contributed by atoms with Gasteiger partial charge in [-0.2, -0.15) is 13.2 Å². The molecule has 0 spiro atoms. The molecular weight excluding hydrogens is 1490 g/mol. The second kappa shape index (κ2) is 37.3. The highest BCUT2D eigenvalue weighted by Gasteiger charge is 2.33. The third-order valence-electron chi connectivity index (χ3n) is 15.1. The first-order chi connectivity index (χ1) is 50.3. The van der Waals surface area contributed by atoms with Crippen LogP contribution in [0.15, 0.2) is 219 Å². The molecule has 0 saturated heterocycles. The Hall–Kier alpha value is -10.5. The van der Waals surface area contributed by atoms with Gasteiger partial charge in [-0.25, -0.2) is 19.9 Å². The number of aryl methyl sites for hydroxylation is 3. The number of halogens is 10. The Kier molecular flexibility index (Phi) is 27.9. The maximum absolute atomic E-state index is 12.8. The minimum Gasteiger partial charge on any atom is -0.369 e. The van der Waals surface area contributed by atoms with Gasteiger partial charge in [0.15, 0.2) is 0 Å². The molecule has 0 aliphatic carbocycles. The molecule has 0 fully saturated rings. The molecule has 4 aromatic carbocycles. The third kappa shape index (κ3) is 22.5. The minimum atomic E-state index is -4.56. The Morgan fingerprint density at radius 3 is 1.28 bits per heavy atom. The summed E-state index contributed by atoms with van der Waals surface area (Å²) >= 11 is 42.5. The van der Waals surface area contributed by atoms with Crippen LogP contribution in [0.4, 0.5) is 41.7 Å². The van der Waals surface area contributed by atoms with Crippen LogP contribution in [0.3, 0.4) is 0 Å². The van der Waals surface area contributed by atoms with Crippen molar-refractivity contribution in [1.82, 2.24) is 44.8 Å². The molecule has 28 heteroatoms. The molecule has 0 unspecified atom stereocenters. The molecule has 0 radical (unpaired) electrons. The standard InChI is InChI=1S/C21H17ClF3N3O.C21H22ClN5O.C18H13Cl2N3O.C17H10Cl3N3O/c1-3-13-8-9-26-18(10-13)16-11-14(4-6-17(16)22)28-20(29)15-5-7-19(21(23,24)25)27-12(15)2;1-27(2)12-11-24-20-9-6-15(14-25-20)21(28)26-16-7-8-18(22)17(13-16)19-5-3-4-10-23-19;1-11-13(6-8-17(20)22-11)18(24)23-12-5-7-15(19)14(10-12)16-4-2-3-9-21-16;18-13-5-4-11(8-12(13)15-3-1-2-6-21-15)23-17(24)10-7-14(19)16(20)22-9-10/h4-11H,3H2,1-2H3,(H,28,29);3-10,13-14H,11-12H2,1-2H3,(H,24,25)(H,26,28);2-10H,1H3,(H,23,24);1-9H,(H,23,24). The Labute approximate surface area is 637 Å². The molecule has 8 aromatic heterocycles. The zero-order valence-corrected chi connectivity index (χ0v) is 61.6. The molecule has 105 heavy (non-hydrogen) atoms. The third-order valence-corrected chi connectivity index (χ3v) is 17.3. The predicted octanol–water partition coefficient (Wildman–Crippen LogP) is 20.3. The summed E-state index contributed by atoms with van der Waals surface area (Å²) in [5.41, 5.74) is 9.95. The normalized spacial score (nSPS) is 10.8. The lowest BCUT2D eigenvalue weighted by Crippen LogP contribution is -2.21. The number of hydrogen-bond donors (Lipinski definition) is 5. The van der Waals surface area contributed by atoms with Gasteiger partial charge >= 0.3 is 6.18 Å². The number of anilines is 5. The highest BCUT2D eigenvalue weighted by Crippen LogP contribution is 2.35. The van der Waals surface area contributed by atoms with Crippen molar-refractivity contribution in [3.63, 3.8) is 0 Å². The predicted molar refractivity (Wildman–Crippen MR) is 413 cm³/mol. The summed E-state index contributed by atoms with van der Waals surface area (Å²) in [6.45, 7) is 6.81. The molecule has 0 aliphatic rings. The van der Waals surface area contributed by atoms with Gasteiger partial charge in [-0.05, 0) is 204 Å². The summed E-state index contributed by atoms with van der Waals surface area (Å²) < 4.78 is 38.3. The van der Waals surface area contributed by atoms with Crippen molar-refractivity contribution in [1.29, 1.82) is 0 Å². The first-order valence-corrected chi connectivity index (χ1v) is 34.4. The average Bonchev–Trinajstić information content (AvgIpc) is 0.826. The molecule has 0 atom stereocenters. The fraction of sp³-hybridized carbons (Fsp3) is 0.117. The number of carbonyl (C=O) groups excluding carboxylic acids is 4. The van der Waals surface area contributed by atoms with Crippen molar-refractivity contribution in [2.24, 2.45) is 0 Å². The maximum atomic E-state index is 12.8. The fourth-order valence-electron chi connectivity index (χ4n) is 9.72. The number of alkyl halides is 3. The number of rotatable bonds is 17. The van der Waals surface area contributed by atoms with Gasteiger partial charge in [-0.1, -0.05) is 106 Å². The van der Waals surface area contributed by atoms with Gasteiger partial charge in [0.2, 0.25) is 0 Å². The highest BCUT2D eigenvalue weighted by atomic mass is 35.5. The van der Waals surface area contributed by atoms with Crippen LogP contribution in [0, 0.1) is 13.8 Å². The van der Waals surface area contributed by atoms with E-state index < -0.39 is 17.8 Å². The molecule has 5 N–H and O–H groups in total. The van der Waals surface area contributed by atoms with Crippen LogP contribution in [-0.2, 0) is 12.6 Å². The van der Waals surface area contributed by atoms with Crippen molar-refractivity contribution < 1.29 is 32.3 Å². The highest BCUT2D eigenvalue weighted by molar-refractivity contribution is 6.41. The average molecular weight is 1550 g/mol. The van der Waals surface area contributed by atoms with E-state index in [9.17, 15) is 32.3 Å². The Morgan fingerprint density at radius 2 is 0.867 bits per heavy atom. The van der Waals surface area contributed by atoms with Crippen molar-refractivity contribution in [2.45, 2.75) is 33.4 Å². The fourth-order valence-corrected chi connectivity index (χ4v) is 11.0. The molecule has 4 amide bonds. The molecule has 8 heterocycles. The largest absolute Gasteiger partial charge is 0.433 e. The summed E-state index contributed by atoms with van der Waals surface area (Å²) in [5, 5.41) is 17.3. The molecule has 0 aliphatic heterocycles. The van der Waals surface area contributed by atoms with Gasteiger partial charge < -0.3 is 31.5 Å². The molecule has 12 aromatic rings. The van der Waals surface area contributed by atoms with E-state index in [0.717, 1.165) is 76.8 Å². The zero-order valence-electron chi connectivity index (χ0n) is 56.3. The van der Waals surface area contributed by atoms with E-state index in [4.69, 9.17) is 81.2 Å². The van der Waals surface area contributed by atoms with Crippen molar-refractivity contribution >= 4 is 133 Å². The van der Waals surface area contributed by atoms with Gasteiger partial charge in [0.1, 0.15) is 21.8 Å². The van der Waals surface area contributed by atoms with Crippen LogP contribution in [0.5, 0.6) is 0 Å². The number of likely N-dealkylation sites (N-methyl/N-ethyl adjacent to an activating group) is 1. The summed E-state index contributed by atoms with van der Waals surface area (Å²) in [6.07, 6.45) is 5.96. The smallest absolute Gasteiger partial charge is 0.369 e. The quantitative estimate of drug-likeness (QED) is 0.0534. The lowest BCUT2D eigenvalue weighted by atomic mass is 10.1. The van der Waals surface area contributed by atoms with Crippen molar-refractivity contribution in [3.8, 4) is 45.0 Å². The van der Waals surface area contributed by atoms with Crippen molar-refractivity contribution in [3.05, 3.63) is 299 Å². The summed E-state index contributed by atoms with van der Waals surface area (Å²) in [5.74, 6) is -0.669. The summed E-state index contributed by atoms with van der Waals surface area (Å²) in [7, 11) is 4.02. The monoisotopic (exact) mass is 1550 g/mol. The molecule has 0 bridgehead atoms. The van der Waals surface area contributed by atoms with E-state index >= 15 is 0 Å². The van der Waals surface area contributed by atoms with Crippen LogP contribution >= 0.6 is 81.2 Å². The zero-order chi connectivity index (χ0) is 75.3. The van der Waals surface area contributed by atoms with Gasteiger partial charge in [0, 0.05) is 95.3 Å². The van der Waals surface area contributed by atoms with Crippen molar-refractivity contribution in [2.75, 3.05) is 53.8 Å². The molecule has 534 valence electrons. The first-order valence-electron chi connectivity index (χ1n) is 31.8. The summed E-state index contributed by atoms with van der Waals surface area (Å²) in [4.78, 5) is 84.9. The Morgan fingerprint density at radius 1 is 0.429 bits per heavy atom. The number of nitrogens with zero attached hydrogens (tertiary/aromatic N) is 9. The Balaban J connectivity index is 0.000000163. The van der Waals surface area contributed by atoms with Crippen LogP contribution in [0.2, 0.25) is 35.4 Å². The second-order valence-electron chi connectivity index (χ2n) is 22.9. The number of hydrogen-bond acceptors (Lipinski definition) is 14. The maximum Gasteiger partial charge on any atom is 0.433 e. The summed E-state index contributed by atoms with van der Waals surface area (Å²) in [6, 6.07) is 51.3. The lowest BCUT2D eigenvalue weighted by molar-refractivity contribution is -0.141. The van der Waals surface area contributed by atoms with Gasteiger partial charge in [0.25, 0.3) is 23.6 Å². The molecule has 0 saturated carbocycles. The van der Waals surface area contributed by atoms with Crippen LogP contribution < -0.4 is 26.6 Å². The Bertz CT molecular complexity index is 5060. The van der Waals surface area contributed by atoms with E-state index in [2.05, 4.69) is 71.4 Å². The van der Waals surface area contributed by atoms with E-state index in [1.807, 2.05) is 93.8 Å². The topological polar surface area (TPSA) is 235 Å². The van der Waals surface area contributed by atoms with Gasteiger partial charge in [-0.3, -0.25) is 39.1 Å². The van der Waals surface area contributed by atoms with Crippen LogP contribution in [0.1, 0.15) is 71.0 Å². The molecular formula is C77H62Cl7F3N14O4.